The first-order chi connectivity index (χ1) is 8.90. The predicted octanol–water partition coefficient (Wildman–Crippen LogP) is 2.98. The van der Waals surface area contributed by atoms with Crippen LogP contribution in [0.25, 0.3) is 16.7 Å². The molecule has 0 unspecified atom stereocenters. The van der Waals surface area contributed by atoms with E-state index < -0.39 is 0 Å². The maximum Gasteiger partial charge on any atom is 0.153 e. The largest absolute Gasteiger partial charge is 0.455 e. The van der Waals surface area contributed by atoms with Crippen LogP contribution in [0.2, 0.25) is 0 Å². The van der Waals surface area contributed by atoms with Gasteiger partial charge < -0.3 is 9.73 Å². The molecule has 18 heavy (non-hydrogen) atoms. The van der Waals surface area contributed by atoms with Gasteiger partial charge in [0.1, 0.15) is 11.3 Å². The van der Waals surface area contributed by atoms with Gasteiger partial charge in [-0.05, 0) is 49.4 Å². The summed E-state index contributed by atoms with van der Waals surface area (Å²) in [5.74, 6) is 1.76. The standard InChI is InChI=1S/C15H16N2O/c1-3-10-7-11(8-12(10)16-5-1)15-9-13-14(18-15)4-2-6-17-13/h2,4,6,8-10,12,16H,1,3,5,7H2/t10-,12+/m1/s1. The lowest BCUT2D eigenvalue weighted by Crippen LogP contribution is -2.37. The van der Waals surface area contributed by atoms with Crippen molar-refractivity contribution in [3.63, 3.8) is 0 Å². The van der Waals surface area contributed by atoms with E-state index in [0.29, 0.717) is 6.04 Å². The van der Waals surface area contributed by atoms with Crippen molar-refractivity contribution in [2.45, 2.75) is 25.3 Å². The molecule has 2 aliphatic rings. The molecule has 0 saturated carbocycles. The number of piperidine rings is 1. The Morgan fingerprint density at radius 1 is 1.39 bits per heavy atom. The molecule has 1 aliphatic heterocycles. The molecule has 4 rings (SSSR count). The first-order valence-electron chi connectivity index (χ1n) is 6.69. The van der Waals surface area contributed by atoms with E-state index >= 15 is 0 Å². The number of nitrogens with one attached hydrogen (secondary N) is 1. The molecular weight excluding hydrogens is 224 g/mol. The highest BCUT2D eigenvalue weighted by Crippen LogP contribution is 2.38. The Kier molecular flexibility index (Phi) is 2.27. The maximum absolute atomic E-state index is 5.90. The minimum Gasteiger partial charge on any atom is -0.455 e. The van der Waals surface area contributed by atoms with Crippen LogP contribution in [0.4, 0.5) is 0 Å². The molecule has 2 atom stereocenters. The lowest BCUT2D eigenvalue weighted by atomic mass is 9.92. The Morgan fingerprint density at radius 2 is 2.39 bits per heavy atom. The average Bonchev–Trinajstić information content (AvgIpc) is 3.02. The van der Waals surface area contributed by atoms with Crippen LogP contribution in [0, 0.1) is 5.92 Å². The van der Waals surface area contributed by atoms with Crippen molar-refractivity contribution >= 4 is 16.7 Å². The molecule has 0 spiro atoms. The zero-order valence-corrected chi connectivity index (χ0v) is 10.2. The Bertz CT molecular complexity index is 581. The highest BCUT2D eigenvalue weighted by molar-refractivity contribution is 5.79. The lowest BCUT2D eigenvalue weighted by molar-refractivity contribution is 0.341. The zero-order chi connectivity index (χ0) is 11.9. The second-order valence-corrected chi connectivity index (χ2v) is 5.28. The Hall–Kier alpha value is -1.61. The van der Waals surface area contributed by atoms with Crippen LogP contribution in [-0.2, 0) is 0 Å². The zero-order valence-electron chi connectivity index (χ0n) is 10.2. The van der Waals surface area contributed by atoms with Crippen LogP contribution < -0.4 is 5.32 Å². The Balaban J connectivity index is 1.70. The first kappa shape index (κ1) is 10.3. The number of hydrogen-bond acceptors (Lipinski definition) is 3. The third kappa shape index (κ3) is 1.58. The molecule has 0 radical (unpaired) electrons. The first-order valence-corrected chi connectivity index (χ1v) is 6.69. The fourth-order valence-corrected chi connectivity index (χ4v) is 3.18. The number of nitrogens with zero attached hydrogens (tertiary/aromatic N) is 1. The highest BCUT2D eigenvalue weighted by atomic mass is 16.3. The summed E-state index contributed by atoms with van der Waals surface area (Å²) in [6.45, 7) is 1.15. The van der Waals surface area contributed by atoms with Gasteiger partial charge in [0, 0.05) is 18.3 Å². The molecular formula is C15H16N2O. The minimum atomic E-state index is 0.551. The lowest BCUT2D eigenvalue weighted by Gasteiger charge is -2.25. The normalized spacial score (nSPS) is 27.2. The molecule has 0 amide bonds. The quantitative estimate of drug-likeness (QED) is 0.832. The smallest absolute Gasteiger partial charge is 0.153 e. The maximum atomic E-state index is 5.90. The van der Waals surface area contributed by atoms with E-state index in [1.165, 1.54) is 18.4 Å². The number of pyridine rings is 1. The monoisotopic (exact) mass is 240 g/mol. The van der Waals surface area contributed by atoms with Gasteiger partial charge in [-0.2, -0.15) is 0 Å². The van der Waals surface area contributed by atoms with E-state index in [9.17, 15) is 0 Å². The van der Waals surface area contributed by atoms with Gasteiger partial charge in [-0.3, -0.25) is 4.98 Å². The summed E-state index contributed by atoms with van der Waals surface area (Å²) >= 11 is 0. The van der Waals surface area contributed by atoms with Crippen molar-refractivity contribution < 1.29 is 4.42 Å². The van der Waals surface area contributed by atoms with Crippen LogP contribution in [0.3, 0.4) is 0 Å². The van der Waals surface area contributed by atoms with Crippen molar-refractivity contribution in [3.05, 3.63) is 36.2 Å². The van der Waals surface area contributed by atoms with Crippen LogP contribution >= 0.6 is 0 Å². The molecule has 1 fully saturated rings. The molecule has 1 saturated heterocycles. The van der Waals surface area contributed by atoms with Gasteiger partial charge in [0.05, 0.1) is 0 Å². The van der Waals surface area contributed by atoms with Gasteiger partial charge in [0.25, 0.3) is 0 Å². The van der Waals surface area contributed by atoms with Gasteiger partial charge >= 0.3 is 0 Å². The van der Waals surface area contributed by atoms with E-state index in [0.717, 1.165) is 35.7 Å². The number of fused-ring (bicyclic) bond motifs is 2. The predicted molar refractivity (Wildman–Crippen MR) is 71.1 cm³/mol. The van der Waals surface area contributed by atoms with Crippen molar-refractivity contribution in [1.82, 2.24) is 10.3 Å². The second kappa shape index (κ2) is 3.95. The number of aromatic nitrogens is 1. The molecule has 0 aromatic carbocycles. The molecule has 92 valence electrons. The van der Waals surface area contributed by atoms with Crippen molar-refractivity contribution in [2.75, 3.05) is 6.54 Å². The van der Waals surface area contributed by atoms with Gasteiger partial charge in [0.2, 0.25) is 0 Å². The summed E-state index contributed by atoms with van der Waals surface area (Å²) in [6.07, 6.45) is 7.92. The molecule has 1 N–H and O–H groups in total. The van der Waals surface area contributed by atoms with E-state index in [1.54, 1.807) is 0 Å². The van der Waals surface area contributed by atoms with Gasteiger partial charge in [-0.1, -0.05) is 6.08 Å². The molecule has 2 aromatic rings. The highest BCUT2D eigenvalue weighted by Gasteiger charge is 2.31. The number of rotatable bonds is 1. The molecule has 2 aromatic heterocycles. The summed E-state index contributed by atoms with van der Waals surface area (Å²) in [6, 6.07) is 6.51. The van der Waals surface area contributed by atoms with E-state index in [2.05, 4.69) is 22.4 Å². The summed E-state index contributed by atoms with van der Waals surface area (Å²) in [5.41, 5.74) is 3.19. The van der Waals surface area contributed by atoms with E-state index in [4.69, 9.17) is 4.42 Å². The number of allylic oxidation sites excluding steroid dienone is 1. The van der Waals surface area contributed by atoms with Crippen LogP contribution in [-0.4, -0.2) is 17.6 Å². The van der Waals surface area contributed by atoms with E-state index in [-0.39, 0.29) is 0 Å². The number of hydrogen-bond donors (Lipinski definition) is 1. The average molecular weight is 240 g/mol. The molecule has 3 heteroatoms. The molecule has 1 aliphatic carbocycles. The van der Waals surface area contributed by atoms with Crippen molar-refractivity contribution in [3.8, 4) is 0 Å². The van der Waals surface area contributed by atoms with Crippen molar-refractivity contribution in [2.24, 2.45) is 5.92 Å². The summed E-state index contributed by atoms with van der Waals surface area (Å²) in [4.78, 5) is 4.33. The summed E-state index contributed by atoms with van der Waals surface area (Å²) in [5, 5.41) is 3.58. The summed E-state index contributed by atoms with van der Waals surface area (Å²) < 4.78 is 5.90. The number of furan rings is 1. The van der Waals surface area contributed by atoms with E-state index in [1.807, 2.05) is 18.3 Å². The van der Waals surface area contributed by atoms with Crippen LogP contribution in [0.15, 0.2) is 34.9 Å². The minimum absolute atomic E-state index is 0.551. The van der Waals surface area contributed by atoms with Gasteiger partial charge in [-0.15, -0.1) is 0 Å². The fourth-order valence-electron chi connectivity index (χ4n) is 3.18. The van der Waals surface area contributed by atoms with Gasteiger partial charge in [0.15, 0.2) is 5.58 Å². The van der Waals surface area contributed by atoms with Crippen LogP contribution in [0.5, 0.6) is 0 Å². The third-order valence-electron chi connectivity index (χ3n) is 4.11. The fraction of sp³-hybridized carbons (Fsp3) is 0.400. The van der Waals surface area contributed by atoms with Crippen molar-refractivity contribution in [1.29, 1.82) is 0 Å². The summed E-state index contributed by atoms with van der Waals surface area (Å²) in [7, 11) is 0. The molecule has 0 bridgehead atoms. The second-order valence-electron chi connectivity index (χ2n) is 5.28. The third-order valence-corrected chi connectivity index (χ3v) is 4.11. The molecule has 3 heterocycles. The Morgan fingerprint density at radius 3 is 3.28 bits per heavy atom. The SMILES string of the molecule is C1=C(c2cc3ncccc3o2)C[C@H]2CCCN[C@@H]12. The van der Waals surface area contributed by atoms with Gasteiger partial charge in [-0.25, -0.2) is 0 Å². The van der Waals surface area contributed by atoms with Crippen LogP contribution in [0.1, 0.15) is 25.0 Å². The topological polar surface area (TPSA) is 38.1 Å². The Labute approximate surface area is 106 Å². The molecule has 3 nitrogen and oxygen atoms in total.